The van der Waals surface area contributed by atoms with Gasteiger partial charge in [0, 0.05) is 23.1 Å². The van der Waals surface area contributed by atoms with Crippen LogP contribution in [0.1, 0.15) is 18.1 Å². The number of benzene rings is 2. The topological polar surface area (TPSA) is 21.3 Å². The van der Waals surface area contributed by atoms with E-state index in [1.54, 1.807) is 12.1 Å². The molecule has 0 aromatic heterocycles. The van der Waals surface area contributed by atoms with Crippen LogP contribution < -0.4 is 10.1 Å². The average molecular weight is 338 g/mol. The summed E-state index contributed by atoms with van der Waals surface area (Å²) in [5.41, 5.74) is 2.16. The van der Waals surface area contributed by atoms with E-state index >= 15 is 0 Å². The maximum atomic E-state index is 12.8. The molecule has 4 heteroatoms. The van der Waals surface area contributed by atoms with Crippen molar-refractivity contribution >= 4 is 15.9 Å². The molecule has 0 atom stereocenters. The second kappa shape index (κ2) is 7.41. The second-order valence-corrected chi connectivity index (χ2v) is 5.33. The monoisotopic (exact) mass is 337 g/mol. The molecule has 1 N–H and O–H groups in total. The normalized spacial score (nSPS) is 10.6. The zero-order valence-corrected chi connectivity index (χ0v) is 12.9. The minimum Gasteiger partial charge on any atom is -0.494 e. The van der Waals surface area contributed by atoms with Crippen molar-refractivity contribution in [1.82, 2.24) is 5.32 Å². The van der Waals surface area contributed by atoms with Crippen molar-refractivity contribution in [2.45, 2.75) is 20.0 Å². The molecule has 0 saturated carbocycles. The third-order valence-electron chi connectivity index (χ3n) is 2.88. The number of halogens is 2. The SMILES string of the molecule is CCOc1ccc(Br)cc1CNCc1ccc(F)cc1. The molecule has 0 unspecified atom stereocenters. The Morgan fingerprint density at radius 1 is 1.10 bits per heavy atom. The van der Waals surface area contributed by atoms with E-state index in [0.717, 1.165) is 21.3 Å². The summed E-state index contributed by atoms with van der Waals surface area (Å²) in [4.78, 5) is 0. The van der Waals surface area contributed by atoms with Crippen LogP contribution in [-0.2, 0) is 13.1 Å². The molecule has 0 amide bonds. The Balaban J connectivity index is 1.96. The highest BCUT2D eigenvalue weighted by Gasteiger charge is 2.04. The van der Waals surface area contributed by atoms with Crippen molar-refractivity contribution in [2.24, 2.45) is 0 Å². The van der Waals surface area contributed by atoms with Gasteiger partial charge in [0.1, 0.15) is 11.6 Å². The van der Waals surface area contributed by atoms with Crippen LogP contribution in [0, 0.1) is 5.82 Å². The summed E-state index contributed by atoms with van der Waals surface area (Å²) in [7, 11) is 0. The number of nitrogens with one attached hydrogen (secondary N) is 1. The first kappa shape index (κ1) is 15.0. The predicted molar refractivity (Wildman–Crippen MR) is 82.3 cm³/mol. The van der Waals surface area contributed by atoms with Crippen molar-refractivity contribution in [3.05, 3.63) is 63.9 Å². The molecule has 0 spiro atoms. The van der Waals surface area contributed by atoms with Gasteiger partial charge in [0.15, 0.2) is 0 Å². The molecule has 0 aliphatic carbocycles. The van der Waals surface area contributed by atoms with Gasteiger partial charge in [0.05, 0.1) is 6.61 Å². The minimum atomic E-state index is -0.209. The van der Waals surface area contributed by atoms with Gasteiger partial charge < -0.3 is 10.1 Å². The van der Waals surface area contributed by atoms with Crippen molar-refractivity contribution in [1.29, 1.82) is 0 Å². The number of ether oxygens (including phenoxy) is 1. The molecule has 2 aromatic carbocycles. The highest BCUT2D eigenvalue weighted by atomic mass is 79.9. The maximum absolute atomic E-state index is 12.8. The van der Waals surface area contributed by atoms with Crippen LogP contribution in [0.15, 0.2) is 46.9 Å². The summed E-state index contributed by atoms with van der Waals surface area (Å²) in [6, 6.07) is 12.5. The fraction of sp³-hybridized carbons (Fsp3) is 0.250. The van der Waals surface area contributed by atoms with Crippen molar-refractivity contribution < 1.29 is 9.13 Å². The lowest BCUT2D eigenvalue weighted by Crippen LogP contribution is -2.13. The molecule has 0 radical (unpaired) electrons. The van der Waals surface area contributed by atoms with Gasteiger partial charge in [-0.25, -0.2) is 4.39 Å². The molecule has 2 nitrogen and oxygen atoms in total. The molecule has 2 rings (SSSR count). The van der Waals surface area contributed by atoms with Crippen LogP contribution in [0.3, 0.4) is 0 Å². The molecular weight excluding hydrogens is 321 g/mol. The van der Waals surface area contributed by atoms with Gasteiger partial charge in [0.25, 0.3) is 0 Å². The summed E-state index contributed by atoms with van der Waals surface area (Å²) in [6.45, 7) is 4.01. The first-order valence-electron chi connectivity index (χ1n) is 6.55. The van der Waals surface area contributed by atoms with Crippen molar-refractivity contribution in [2.75, 3.05) is 6.61 Å². The Morgan fingerprint density at radius 2 is 1.85 bits per heavy atom. The summed E-state index contributed by atoms with van der Waals surface area (Å²) in [5.74, 6) is 0.682. The van der Waals surface area contributed by atoms with Crippen LogP contribution in [0.5, 0.6) is 5.75 Å². The van der Waals surface area contributed by atoms with Gasteiger partial charge >= 0.3 is 0 Å². The van der Waals surface area contributed by atoms with Crippen LogP contribution in [0.2, 0.25) is 0 Å². The Morgan fingerprint density at radius 3 is 2.55 bits per heavy atom. The maximum Gasteiger partial charge on any atom is 0.123 e. The Hall–Kier alpha value is -1.39. The molecule has 0 aliphatic rings. The third-order valence-corrected chi connectivity index (χ3v) is 3.37. The highest BCUT2D eigenvalue weighted by Crippen LogP contribution is 2.23. The lowest BCUT2D eigenvalue weighted by molar-refractivity contribution is 0.335. The molecule has 0 bridgehead atoms. The molecule has 0 saturated heterocycles. The lowest BCUT2D eigenvalue weighted by atomic mass is 10.2. The lowest BCUT2D eigenvalue weighted by Gasteiger charge is -2.11. The third kappa shape index (κ3) is 4.32. The van der Waals surface area contributed by atoms with Gasteiger partial charge in [-0.05, 0) is 42.8 Å². The molecule has 106 valence electrons. The van der Waals surface area contributed by atoms with E-state index in [9.17, 15) is 4.39 Å². The second-order valence-electron chi connectivity index (χ2n) is 4.42. The van der Waals surface area contributed by atoms with Gasteiger partial charge in [-0.3, -0.25) is 0 Å². The summed E-state index contributed by atoms with van der Waals surface area (Å²) >= 11 is 3.47. The van der Waals surface area contributed by atoms with Crippen molar-refractivity contribution in [3.63, 3.8) is 0 Å². The standard InChI is InChI=1S/C16H17BrFNO/c1-2-20-16-8-5-14(17)9-13(16)11-19-10-12-3-6-15(18)7-4-12/h3-9,19H,2,10-11H2,1H3. The van der Waals surface area contributed by atoms with E-state index in [-0.39, 0.29) is 5.82 Å². The van der Waals surface area contributed by atoms with Gasteiger partial charge in [-0.1, -0.05) is 28.1 Å². The Bertz CT molecular complexity index is 557. The highest BCUT2D eigenvalue weighted by molar-refractivity contribution is 9.10. The van der Waals surface area contributed by atoms with E-state index in [4.69, 9.17) is 4.74 Å². The van der Waals surface area contributed by atoms with E-state index in [1.807, 2.05) is 25.1 Å². The number of hydrogen-bond donors (Lipinski definition) is 1. The summed E-state index contributed by atoms with van der Waals surface area (Å²) < 4.78 is 19.4. The molecule has 0 aliphatic heterocycles. The Kier molecular flexibility index (Phi) is 5.56. The van der Waals surface area contributed by atoms with E-state index in [2.05, 4.69) is 21.2 Å². The number of hydrogen-bond acceptors (Lipinski definition) is 2. The molecule has 20 heavy (non-hydrogen) atoms. The number of rotatable bonds is 6. The zero-order valence-electron chi connectivity index (χ0n) is 11.3. The van der Waals surface area contributed by atoms with E-state index in [0.29, 0.717) is 19.7 Å². The fourth-order valence-electron chi connectivity index (χ4n) is 1.93. The smallest absolute Gasteiger partial charge is 0.123 e. The molecule has 0 heterocycles. The van der Waals surface area contributed by atoms with Crippen molar-refractivity contribution in [3.8, 4) is 5.75 Å². The minimum absolute atomic E-state index is 0.209. The van der Waals surface area contributed by atoms with Crippen LogP contribution in [-0.4, -0.2) is 6.61 Å². The van der Waals surface area contributed by atoms with Gasteiger partial charge in [-0.15, -0.1) is 0 Å². The quantitative estimate of drug-likeness (QED) is 0.849. The summed E-state index contributed by atoms with van der Waals surface area (Å²) in [6.07, 6.45) is 0. The largest absolute Gasteiger partial charge is 0.494 e. The van der Waals surface area contributed by atoms with E-state index < -0.39 is 0 Å². The van der Waals surface area contributed by atoms with Gasteiger partial charge in [-0.2, -0.15) is 0 Å². The molecular formula is C16H17BrFNO. The van der Waals surface area contributed by atoms with E-state index in [1.165, 1.54) is 12.1 Å². The van der Waals surface area contributed by atoms with Crippen LogP contribution >= 0.6 is 15.9 Å². The average Bonchev–Trinajstić information content (AvgIpc) is 2.44. The predicted octanol–water partition coefficient (Wildman–Crippen LogP) is 4.28. The zero-order chi connectivity index (χ0) is 14.4. The first-order valence-corrected chi connectivity index (χ1v) is 7.34. The summed E-state index contributed by atoms with van der Waals surface area (Å²) in [5, 5.41) is 3.34. The molecule has 2 aromatic rings. The van der Waals surface area contributed by atoms with Crippen LogP contribution in [0.4, 0.5) is 4.39 Å². The van der Waals surface area contributed by atoms with Crippen LogP contribution in [0.25, 0.3) is 0 Å². The molecule has 0 fully saturated rings. The van der Waals surface area contributed by atoms with Gasteiger partial charge in [0.2, 0.25) is 0 Å². The Labute approximate surface area is 127 Å². The first-order chi connectivity index (χ1) is 9.69. The fourth-order valence-corrected chi connectivity index (χ4v) is 2.33.